The summed E-state index contributed by atoms with van der Waals surface area (Å²) in [6.45, 7) is 1.72. The number of aromatic amines is 1. The lowest BCUT2D eigenvalue weighted by Crippen LogP contribution is -2.42. The quantitative estimate of drug-likeness (QED) is 0.156. The number of carbonyl (C=O) groups is 4. The predicted molar refractivity (Wildman–Crippen MR) is 192 cm³/mol. The number of H-pyrrole nitrogens is 1. The molecule has 0 radical (unpaired) electrons. The number of rotatable bonds is 9. The SMILES string of the molecule is CCOC(=O)c1ccc(N2C(=O)C3C(C2=O)[C@@H]2C[C@H]3C3Sc4[nH]c(=O)sc4[C@H](c4ccc(OCC(=O)Nc5ccc(Cl)cc5)c(OC)c4)C32)cc1. The largest absolute Gasteiger partial charge is 0.493 e. The first-order valence-corrected chi connectivity index (χ1v) is 18.6. The van der Waals surface area contributed by atoms with Crippen LogP contribution < -0.4 is 24.6 Å². The Morgan fingerprint density at radius 2 is 1.69 bits per heavy atom. The average molecular weight is 746 g/mol. The molecule has 1 aromatic heterocycles. The molecule has 8 rings (SSSR count). The van der Waals surface area contributed by atoms with Crippen LogP contribution in [0.1, 0.15) is 40.1 Å². The number of thiazole rings is 1. The molecule has 11 nitrogen and oxygen atoms in total. The van der Waals surface area contributed by atoms with E-state index in [1.54, 1.807) is 73.3 Å². The van der Waals surface area contributed by atoms with Gasteiger partial charge < -0.3 is 24.5 Å². The van der Waals surface area contributed by atoms with E-state index in [1.807, 2.05) is 12.1 Å². The molecule has 3 aromatic carbocycles. The molecule has 3 fully saturated rings. The van der Waals surface area contributed by atoms with Crippen LogP contribution in [0.25, 0.3) is 0 Å². The van der Waals surface area contributed by atoms with Gasteiger partial charge in [0.2, 0.25) is 11.8 Å². The molecule has 7 atom stereocenters. The summed E-state index contributed by atoms with van der Waals surface area (Å²) in [6, 6.07) is 18.7. The van der Waals surface area contributed by atoms with Gasteiger partial charge in [-0.1, -0.05) is 29.0 Å². The van der Waals surface area contributed by atoms with Crippen molar-refractivity contribution in [2.75, 3.05) is 30.5 Å². The predicted octanol–water partition coefficient (Wildman–Crippen LogP) is 5.97. The highest BCUT2D eigenvalue weighted by Crippen LogP contribution is 2.68. The Hall–Kier alpha value is -4.59. The number of nitrogens with zero attached hydrogens (tertiary/aromatic N) is 1. The second kappa shape index (κ2) is 13.2. The zero-order valence-electron chi connectivity index (χ0n) is 27.4. The molecule has 2 N–H and O–H groups in total. The van der Waals surface area contributed by atoms with Crippen LogP contribution in [-0.2, 0) is 19.1 Å². The van der Waals surface area contributed by atoms with Crippen molar-refractivity contribution in [3.8, 4) is 11.5 Å². The van der Waals surface area contributed by atoms with E-state index in [0.717, 1.165) is 21.9 Å². The zero-order chi connectivity index (χ0) is 35.6. The maximum absolute atomic E-state index is 14.2. The van der Waals surface area contributed by atoms with Gasteiger partial charge in [-0.15, -0.1) is 11.8 Å². The van der Waals surface area contributed by atoms with Gasteiger partial charge in [-0.3, -0.25) is 24.1 Å². The molecule has 3 amide bonds. The van der Waals surface area contributed by atoms with Gasteiger partial charge in [0.25, 0.3) is 5.91 Å². The number of amides is 3. The molecule has 14 heteroatoms. The minimum absolute atomic E-state index is 0.000347. The Balaban J connectivity index is 1.07. The van der Waals surface area contributed by atoms with Crippen LogP contribution in [0.4, 0.5) is 11.4 Å². The Morgan fingerprint density at radius 1 is 0.961 bits per heavy atom. The van der Waals surface area contributed by atoms with E-state index in [1.165, 1.54) is 23.3 Å². The number of carbonyl (C=O) groups excluding carboxylic acids is 4. The molecule has 262 valence electrons. The minimum Gasteiger partial charge on any atom is -0.493 e. The van der Waals surface area contributed by atoms with Crippen LogP contribution in [0.2, 0.25) is 5.02 Å². The molecule has 2 aliphatic carbocycles. The van der Waals surface area contributed by atoms with E-state index in [4.69, 9.17) is 25.8 Å². The number of hydrogen-bond acceptors (Lipinski definition) is 10. The molecular weight excluding hydrogens is 714 g/mol. The summed E-state index contributed by atoms with van der Waals surface area (Å²) in [5, 5.41) is 4.13. The summed E-state index contributed by atoms with van der Waals surface area (Å²) in [6.07, 6.45) is 0.738. The lowest BCUT2D eigenvalue weighted by Gasteiger charge is -2.43. The number of ether oxygens (including phenoxy) is 3. The van der Waals surface area contributed by atoms with E-state index >= 15 is 0 Å². The van der Waals surface area contributed by atoms with Crippen LogP contribution in [0.5, 0.6) is 11.5 Å². The number of imide groups is 1. The van der Waals surface area contributed by atoms with Crippen molar-refractivity contribution >= 4 is 69.8 Å². The second-order valence-corrected chi connectivity index (χ2v) is 15.6. The number of anilines is 2. The van der Waals surface area contributed by atoms with E-state index in [-0.39, 0.29) is 64.7 Å². The molecule has 2 saturated carbocycles. The monoisotopic (exact) mass is 745 g/mol. The van der Waals surface area contributed by atoms with E-state index < -0.39 is 17.8 Å². The van der Waals surface area contributed by atoms with E-state index in [9.17, 15) is 24.0 Å². The third-order valence-electron chi connectivity index (χ3n) is 10.4. The van der Waals surface area contributed by atoms with E-state index in [2.05, 4.69) is 10.3 Å². The van der Waals surface area contributed by atoms with Crippen LogP contribution in [0.3, 0.4) is 0 Å². The number of aromatic nitrogens is 1. The Kier molecular flexibility index (Phi) is 8.67. The van der Waals surface area contributed by atoms with Crippen molar-refractivity contribution < 1.29 is 33.4 Å². The minimum atomic E-state index is -0.488. The van der Waals surface area contributed by atoms with Gasteiger partial charge in [-0.05, 0) is 97.3 Å². The van der Waals surface area contributed by atoms with Crippen LogP contribution in [-0.4, -0.2) is 54.2 Å². The third kappa shape index (κ3) is 5.71. The zero-order valence-corrected chi connectivity index (χ0v) is 29.8. The first-order chi connectivity index (χ1) is 24.7. The van der Waals surface area contributed by atoms with Gasteiger partial charge in [0.05, 0.1) is 41.8 Å². The second-order valence-electron chi connectivity index (χ2n) is 13.0. The summed E-state index contributed by atoms with van der Waals surface area (Å²) < 4.78 is 16.7. The number of esters is 1. The molecule has 4 aromatic rings. The number of nitrogens with one attached hydrogen (secondary N) is 2. The average Bonchev–Trinajstić information content (AvgIpc) is 3.87. The molecule has 51 heavy (non-hydrogen) atoms. The van der Waals surface area contributed by atoms with Crippen molar-refractivity contribution in [3.05, 3.63) is 97.4 Å². The number of benzene rings is 3. The van der Waals surface area contributed by atoms with Gasteiger partial charge in [-0.25, -0.2) is 4.79 Å². The van der Waals surface area contributed by atoms with E-state index in [0.29, 0.717) is 33.5 Å². The smallest absolute Gasteiger partial charge is 0.338 e. The number of methoxy groups -OCH3 is 1. The summed E-state index contributed by atoms with van der Waals surface area (Å²) in [5.41, 5.74) is 2.26. The molecular formula is C37H32ClN3O8S2. The highest BCUT2D eigenvalue weighted by atomic mass is 35.5. The first kappa shape index (κ1) is 33.5. The van der Waals surface area contributed by atoms with Gasteiger partial charge in [-0.2, -0.15) is 0 Å². The summed E-state index contributed by atoms with van der Waals surface area (Å²) in [7, 11) is 1.53. The van der Waals surface area contributed by atoms with Crippen LogP contribution >= 0.6 is 34.7 Å². The molecule has 4 unspecified atom stereocenters. The number of fused-ring (bicyclic) bond motifs is 9. The maximum Gasteiger partial charge on any atom is 0.338 e. The Labute approximate surface area is 305 Å². The molecule has 4 aliphatic rings. The van der Waals surface area contributed by atoms with Crippen molar-refractivity contribution in [1.82, 2.24) is 4.98 Å². The highest BCUT2D eigenvalue weighted by Gasteiger charge is 2.69. The molecule has 2 aliphatic heterocycles. The van der Waals surface area contributed by atoms with Crippen molar-refractivity contribution in [2.45, 2.75) is 29.5 Å². The number of halogens is 1. The summed E-state index contributed by atoms with van der Waals surface area (Å²) in [5.74, 6) is -1.81. The molecule has 0 spiro atoms. The fourth-order valence-corrected chi connectivity index (χ4v) is 11.5. The molecule has 3 heterocycles. The van der Waals surface area contributed by atoms with Gasteiger partial charge in [0.1, 0.15) is 0 Å². The molecule has 1 saturated heterocycles. The van der Waals surface area contributed by atoms with Crippen LogP contribution in [0, 0.1) is 29.6 Å². The molecule has 2 bridgehead atoms. The van der Waals surface area contributed by atoms with Crippen molar-refractivity contribution in [2.24, 2.45) is 29.6 Å². The number of hydrogen-bond donors (Lipinski definition) is 2. The Morgan fingerprint density at radius 3 is 2.39 bits per heavy atom. The van der Waals surface area contributed by atoms with Crippen molar-refractivity contribution in [3.63, 3.8) is 0 Å². The maximum atomic E-state index is 14.2. The normalized spacial score (nSPS) is 25.6. The summed E-state index contributed by atoms with van der Waals surface area (Å²) in [4.78, 5) is 70.8. The standard InChI is InChI=1S/C37H32ClN3O8S2/c1-3-48-36(45)17-4-11-21(12-5-17)41-34(43)29-22-15-23(30(29)35(41)44)31-28(22)27(32-33(50-31)40-37(46)51-32)18-6-13-24(25(14-18)47-2)49-16-26(42)39-20-9-7-19(38)8-10-20/h4-14,22-23,27-31H,3,15-16H2,1-2H3,(H,39,42)(H,40,46)/t22-,23-,27-,28?,29?,30?,31?/m1/s1. The fourth-order valence-electron chi connectivity index (χ4n) is 8.48. The fraction of sp³-hybridized carbons (Fsp3) is 0.324. The summed E-state index contributed by atoms with van der Waals surface area (Å²) >= 11 is 8.72. The highest BCUT2D eigenvalue weighted by molar-refractivity contribution is 8.00. The van der Waals surface area contributed by atoms with Gasteiger partial charge >= 0.3 is 10.8 Å². The lowest BCUT2D eigenvalue weighted by atomic mass is 9.68. The lowest BCUT2D eigenvalue weighted by molar-refractivity contribution is -0.123. The topological polar surface area (TPSA) is 144 Å². The number of thioether (sulfide) groups is 1. The van der Waals surface area contributed by atoms with Crippen LogP contribution in [0.15, 0.2) is 76.6 Å². The Bertz CT molecular complexity index is 2120. The van der Waals surface area contributed by atoms with Gasteiger partial charge in [0, 0.05) is 26.8 Å². The third-order valence-corrected chi connectivity index (χ3v) is 13.2. The van der Waals surface area contributed by atoms with Gasteiger partial charge in [0.15, 0.2) is 18.1 Å². The van der Waals surface area contributed by atoms with Crippen molar-refractivity contribution in [1.29, 1.82) is 0 Å². The first-order valence-electron chi connectivity index (χ1n) is 16.6.